The smallest absolute Gasteiger partial charge is 0.317 e. The van der Waals surface area contributed by atoms with Gasteiger partial charge in [0.25, 0.3) is 0 Å². The number of esters is 1. The van der Waals surface area contributed by atoms with E-state index < -0.39 is 212 Å². The van der Waals surface area contributed by atoms with Crippen molar-refractivity contribution >= 4 is 5.97 Å². The van der Waals surface area contributed by atoms with Crippen molar-refractivity contribution in [3.8, 4) is 0 Å². The minimum Gasteiger partial charge on any atom is -0.432 e. The lowest BCUT2D eigenvalue weighted by molar-refractivity contribution is -0.369. The Morgan fingerprint density at radius 3 is 1.78 bits per heavy atom. The minimum atomic E-state index is -1.90. The highest BCUT2D eigenvalue weighted by atomic mass is 16.8. The first-order valence-electron chi connectivity index (χ1n) is 29.6. The zero-order valence-corrected chi connectivity index (χ0v) is 48.4. The molecular formula is C57H92O26. The van der Waals surface area contributed by atoms with Gasteiger partial charge in [-0.1, -0.05) is 60.1 Å². The largest absolute Gasteiger partial charge is 0.432 e. The zero-order valence-electron chi connectivity index (χ0n) is 48.4. The first-order valence-corrected chi connectivity index (χ1v) is 29.6. The Kier molecular flexibility index (Phi) is 18.0. The summed E-state index contributed by atoms with van der Waals surface area (Å²) in [5, 5.41) is 165. The summed E-state index contributed by atoms with van der Waals surface area (Å²) >= 11 is 0. The molecule has 32 atom stereocenters. The van der Waals surface area contributed by atoms with Crippen LogP contribution in [0.3, 0.4) is 0 Å². The summed E-state index contributed by atoms with van der Waals surface area (Å²) in [6, 6.07) is 0. The highest BCUT2D eigenvalue weighted by Crippen LogP contribution is 2.76. The first-order chi connectivity index (χ1) is 38.7. The number of rotatable bonds is 11. The van der Waals surface area contributed by atoms with E-state index in [9.17, 15) is 76.6 Å². The Morgan fingerprint density at radius 1 is 0.554 bits per heavy atom. The fourth-order valence-electron chi connectivity index (χ4n) is 17.3. The zero-order chi connectivity index (χ0) is 60.6. The van der Waals surface area contributed by atoms with E-state index in [0.717, 1.165) is 5.57 Å². The van der Waals surface area contributed by atoms with Gasteiger partial charge < -0.3 is 124 Å². The minimum absolute atomic E-state index is 0.0661. The maximum absolute atomic E-state index is 15.4. The maximum atomic E-state index is 15.4. The van der Waals surface area contributed by atoms with Crippen molar-refractivity contribution in [2.45, 2.75) is 260 Å². The molecular weight excluding hydrogens is 1100 g/mol. The van der Waals surface area contributed by atoms with Crippen molar-refractivity contribution in [2.24, 2.45) is 50.2 Å². The summed E-state index contributed by atoms with van der Waals surface area (Å²) in [5.74, 6) is -1.51. The Balaban J connectivity index is 0.860. The molecule has 10 rings (SSSR count). The van der Waals surface area contributed by atoms with Crippen LogP contribution in [0.1, 0.15) is 107 Å². The third-order valence-corrected chi connectivity index (χ3v) is 22.3. The fraction of sp³-hybridized carbons (Fsp3) is 0.947. The van der Waals surface area contributed by atoms with E-state index in [1.54, 1.807) is 0 Å². The second-order valence-electron chi connectivity index (χ2n) is 28.0. The van der Waals surface area contributed by atoms with Gasteiger partial charge in [-0.05, 0) is 103 Å². The van der Waals surface area contributed by atoms with Crippen LogP contribution in [0.4, 0.5) is 0 Å². The summed E-state index contributed by atoms with van der Waals surface area (Å²) in [6.45, 7) is 14.6. The normalized spacial score (nSPS) is 55.1. The molecule has 0 amide bonds. The molecule has 4 saturated carbocycles. The lowest BCUT2D eigenvalue weighted by Gasteiger charge is -2.72. The van der Waals surface area contributed by atoms with E-state index in [1.807, 2.05) is 13.8 Å². The van der Waals surface area contributed by atoms with Crippen LogP contribution in [0.15, 0.2) is 11.6 Å². The van der Waals surface area contributed by atoms with Gasteiger partial charge in [0.2, 0.25) is 6.29 Å². The van der Waals surface area contributed by atoms with E-state index in [-0.39, 0.29) is 43.1 Å². The summed E-state index contributed by atoms with van der Waals surface area (Å²) in [5.41, 5.74) is -3.32. The van der Waals surface area contributed by atoms with Crippen LogP contribution in [0, 0.1) is 50.2 Å². The SMILES string of the molecule is C[C@@H]1O[C@@H](O[C@H]2[C@H](OC(=O)[C@]34CCC(C)(C)C[C@H]3C3=CC[C@@H]5[C@@]6(C)C[C@H](O)[C@H](O[C@@H]7O[C@H](CO[C@@H]8OC[C@H](O)[C@H](O)[C@H]8O)[C@@H](O)[C@H](O)[C@H]7O)C(C)(C)[C@H]6CC[C@@]5(C)[C@]3(C)C[C@H]4O)OC[C@@H](O)[C@@H]2O)[C@H](O)[C@H](O)[C@H]1O[C@@H]1OC[C@@H](O)[C@H](O)[C@H]1O. The number of aliphatic hydroxyl groups excluding tert-OH is 15. The van der Waals surface area contributed by atoms with Gasteiger partial charge in [0.1, 0.15) is 97.0 Å². The van der Waals surface area contributed by atoms with Gasteiger partial charge in [0.15, 0.2) is 31.3 Å². The molecule has 26 heteroatoms. The summed E-state index contributed by atoms with van der Waals surface area (Å²) in [7, 11) is 0. The van der Waals surface area contributed by atoms with Crippen molar-refractivity contribution in [1.82, 2.24) is 0 Å². The number of carbonyl (C=O) groups is 1. The topological polar surface area (TPSA) is 413 Å². The van der Waals surface area contributed by atoms with E-state index in [1.165, 1.54) is 6.92 Å². The molecule has 476 valence electrons. The van der Waals surface area contributed by atoms with Gasteiger partial charge in [-0.25, -0.2) is 0 Å². The number of hydrogen-bond acceptors (Lipinski definition) is 26. The van der Waals surface area contributed by atoms with E-state index in [4.69, 9.17) is 47.4 Å². The first kappa shape index (κ1) is 64.2. The molecule has 9 fully saturated rings. The molecule has 0 unspecified atom stereocenters. The number of aliphatic hydroxyl groups is 15. The van der Waals surface area contributed by atoms with Crippen molar-refractivity contribution in [2.75, 3.05) is 26.4 Å². The molecule has 5 heterocycles. The average Bonchev–Trinajstić information content (AvgIpc) is 2.21. The molecule has 0 bridgehead atoms. The second kappa shape index (κ2) is 23.2. The van der Waals surface area contributed by atoms with Crippen LogP contribution < -0.4 is 0 Å². The van der Waals surface area contributed by atoms with Crippen molar-refractivity contribution < 1.29 is 129 Å². The lowest BCUT2D eigenvalue weighted by atomic mass is 9.33. The average molecular weight is 1190 g/mol. The Bertz CT molecular complexity index is 2330. The highest BCUT2D eigenvalue weighted by molar-refractivity contribution is 5.80. The monoisotopic (exact) mass is 1190 g/mol. The van der Waals surface area contributed by atoms with Crippen LogP contribution in [-0.4, -0.2) is 263 Å². The van der Waals surface area contributed by atoms with E-state index in [2.05, 4.69) is 40.7 Å². The molecule has 0 radical (unpaired) electrons. The molecule has 5 saturated heterocycles. The van der Waals surface area contributed by atoms with Crippen LogP contribution >= 0.6 is 0 Å². The number of fused-ring (bicyclic) bond motifs is 7. The predicted molar refractivity (Wildman–Crippen MR) is 279 cm³/mol. The van der Waals surface area contributed by atoms with Gasteiger partial charge >= 0.3 is 5.97 Å². The van der Waals surface area contributed by atoms with Crippen molar-refractivity contribution in [3.63, 3.8) is 0 Å². The fourth-order valence-corrected chi connectivity index (χ4v) is 17.3. The molecule has 0 aromatic carbocycles. The van der Waals surface area contributed by atoms with Crippen LogP contribution in [0.25, 0.3) is 0 Å². The number of hydrogen-bond donors (Lipinski definition) is 15. The highest BCUT2D eigenvalue weighted by Gasteiger charge is 2.73. The van der Waals surface area contributed by atoms with Crippen molar-refractivity contribution in [1.29, 1.82) is 0 Å². The Labute approximate surface area is 482 Å². The summed E-state index contributed by atoms with van der Waals surface area (Å²) in [4.78, 5) is 15.4. The van der Waals surface area contributed by atoms with Gasteiger partial charge in [-0.3, -0.25) is 4.79 Å². The molecule has 5 aliphatic heterocycles. The molecule has 10 aliphatic rings. The molecule has 26 nitrogen and oxygen atoms in total. The summed E-state index contributed by atoms with van der Waals surface area (Å²) in [6.07, 6.45) is -32.3. The number of allylic oxidation sites excluding steroid dienone is 2. The number of carbonyl (C=O) groups excluding carboxylic acids is 1. The van der Waals surface area contributed by atoms with Gasteiger partial charge in [0, 0.05) is 0 Å². The van der Waals surface area contributed by atoms with Gasteiger partial charge in [0.05, 0.1) is 50.8 Å². The lowest BCUT2D eigenvalue weighted by Crippen LogP contribution is -2.70. The number of ether oxygens (including phenoxy) is 10. The molecule has 5 aliphatic carbocycles. The Hall–Kier alpha value is -1.75. The van der Waals surface area contributed by atoms with E-state index >= 15 is 4.79 Å². The molecule has 0 spiro atoms. The van der Waals surface area contributed by atoms with Crippen LogP contribution in [0.5, 0.6) is 0 Å². The standard InChI is InChI=1S/C57H92O26/c1-22-43(80-47-40(70)34(64)27(60)19-75-47)38(68)42(72)48(78-22)81-44-35(65)28(61)20-76-50(44)83-51(73)57-14-13-52(2,3)15-24(57)23-9-10-31-54(6)16-25(58)45(53(4,5)30(54)11-12-55(31,7)56(23,8)17-32(57)62)82-49-41(71)37(67)36(66)29(79-49)21-77-46-39(69)33(63)26(59)18-74-46/h9,22,24-50,58-72H,10-21H2,1-8H3/t22-,24-,25-,26-,27+,28+,29+,30+,31+,32+,33-,34-,35-,36+,37-,38-,39+,40+,41+,42+,43-,44+,45-,46-,47-,48-,49-,50-,54-,55+,56+,57+/m0/s1. The molecule has 0 aromatic rings. The van der Waals surface area contributed by atoms with Crippen LogP contribution in [-0.2, 0) is 52.2 Å². The maximum Gasteiger partial charge on any atom is 0.317 e. The Morgan fingerprint density at radius 2 is 1.12 bits per heavy atom. The summed E-state index contributed by atoms with van der Waals surface area (Å²) < 4.78 is 58.7. The molecule has 0 aromatic heterocycles. The van der Waals surface area contributed by atoms with Crippen LogP contribution in [0.2, 0.25) is 0 Å². The third-order valence-electron chi connectivity index (χ3n) is 22.3. The van der Waals surface area contributed by atoms with Crippen molar-refractivity contribution in [3.05, 3.63) is 11.6 Å². The van der Waals surface area contributed by atoms with Gasteiger partial charge in [-0.15, -0.1) is 0 Å². The molecule has 15 N–H and O–H groups in total. The third kappa shape index (κ3) is 10.7. The van der Waals surface area contributed by atoms with E-state index in [0.29, 0.717) is 32.1 Å². The van der Waals surface area contributed by atoms with Gasteiger partial charge in [-0.2, -0.15) is 0 Å². The quantitative estimate of drug-likeness (QED) is 0.0547. The predicted octanol–water partition coefficient (Wildman–Crippen LogP) is -3.32. The second-order valence-corrected chi connectivity index (χ2v) is 28.0. The molecule has 83 heavy (non-hydrogen) atoms.